The lowest BCUT2D eigenvalue weighted by Crippen LogP contribution is -2.36. The molecule has 1 aliphatic rings. The molecule has 1 atom stereocenters. The largest absolute Gasteiger partial charge is 0.391 e. The van der Waals surface area contributed by atoms with Gasteiger partial charge in [0.1, 0.15) is 10.7 Å². The number of aromatic nitrogens is 2. The molecule has 1 aliphatic carbocycles. The van der Waals surface area contributed by atoms with E-state index in [4.69, 9.17) is 9.72 Å². The molecule has 0 aliphatic heterocycles. The number of hydrogen-bond acceptors (Lipinski definition) is 6. The summed E-state index contributed by atoms with van der Waals surface area (Å²) in [6.07, 6.45) is 3.24. The second kappa shape index (κ2) is 9.17. The van der Waals surface area contributed by atoms with Gasteiger partial charge in [-0.2, -0.15) is 0 Å². The predicted octanol–water partition coefficient (Wildman–Crippen LogP) is 2.53. The van der Waals surface area contributed by atoms with Crippen LogP contribution in [0.3, 0.4) is 0 Å². The van der Waals surface area contributed by atoms with E-state index in [9.17, 15) is 9.90 Å². The molecule has 2 N–H and O–H groups in total. The topological polar surface area (TPSA) is 78.5 Å². The van der Waals surface area contributed by atoms with E-state index in [-0.39, 0.29) is 5.56 Å². The Bertz CT molecular complexity index is 1020. The number of rotatable bonds is 9. The molecule has 3 aromatic rings. The Morgan fingerprint density at radius 2 is 2.14 bits per heavy atom. The molecule has 0 radical (unpaired) electrons. The SMILES string of the molecule is COCCN(Cc1nc2sc3c(c2c(=O)[nH]1)CCC3)C[C@H](O)Cc1ccccc1. The maximum Gasteiger partial charge on any atom is 0.259 e. The minimum Gasteiger partial charge on any atom is -0.391 e. The van der Waals surface area contributed by atoms with Crippen molar-refractivity contribution in [3.05, 3.63) is 62.5 Å². The summed E-state index contributed by atoms with van der Waals surface area (Å²) >= 11 is 1.65. The van der Waals surface area contributed by atoms with E-state index in [1.54, 1.807) is 18.4 Å². The number of hydrogen-bond donors (Lipinski definition) is 2. The van der Waals surface area contributed by atoms with Crippen LogP contribution in [0.25, 0.3) is 10.2 Å². The quantitative estimate of drug-likeness (QED) is 0.564. The van der Waals surface area contributed by atoms with Gasteiger partial charge in [-0.05, 0) is 36.8 Å². The molecule has 0 spiro atoms. The van der Waals surface area contributed by atoms with Gasteiger partial charge in [-0.1, -0.05) is 30.3 Å². The van der Waals surface area contributed by atoms with Crippen LogP contribution >= 0.6 is 11.3 Å². The summed E-state index contributed by atoms with van der Waals surface area (Å²) in [6, 6.07) is 9.97. The molecule has 4 rings (SSSR count). The zero-order chi connectivity index (χ0) is 20.2. The number of thiophene rings is 1. The third-order valence-corrected chi connectivity index (χ3v) is 6.58. The van der Waals surface area contributed by atoms with Crippen molar-refractivity contribution >= 4 is 21.6 Å². The second-order valence-corrected chi connectivity index (χ2v) is 8.71. The molecule has 2 heterocycles. The van der Waals surface area contributed by atoms with Crippen molar-refractivity contribution in [1.29, 1.82) is 0 Å². The van der Waals surface area contributed by atoms with E-state index < -0.39 is 6.10 Å². The monoisotopic (exact) mass is 413 g/mol. The van der Waals surface area contributed by atoms with Gasteiger partial charge in [-0.25, -0.2) is 4.98 Å². The number of ether oxygens (including phenoxy) is 1. The normalized spacial score (nSPS) is 14.6. The molecule has 0 unspecified atom stereocenters. The molecule has 0 fully saturated rings. The van der Waals surface area contributed by atoms with Gasteiger partial charge >= 0.3 is 0 Å². The highest BCUT2D eigenvalue weighted by atomic mass is 32.1. The van der Waals surface area contributed by atoms with Gasteiger partial charge in [-0.15, -0.1) is 11.3 Å². The van der Waals surface area contributed by atoms with E-state index in [2.05, 4.69) is 9.88 Å². The number of methoxy groups -OCH3 is 1. The molecule has 0 saturated carbocycles. The van der Waals surface area contributed by atoms with Crippen molar-refractivity contribution in [3.63, 3.8) is 0 Å². The maximum absolute atomic E-state index is 12.7. The lowest BCUT2D eigenvalue weighted by molar-refractivity contribution is 0.0837. The molecule has 0 saturated heterocycles. The molecule has 7 heteroatoms. The molecule has 0 amide bonds. The van der Waals surface area contributed by atoms with E-state index >= 15 is 0 Å². The van der Waals surface area contributed by atoms with Crippen LogP contribution in [0, 0.1) is 0 Å². The molecule has 6 nitrogen and oxygen atoms in total. The zero-order valence-electron chi connectivity index (χ0n) is 16.7. The van der Waals surface area contributed by atoms with E-state index in [0.29, 0.717) is 38.5 Å². The molecular formula is C22H27N3O3S. The van der Waals surface area contributed by atoms with Crippen LogP contribution in [-0.4, -0.2) is 52.9 Å². The first-order valence-electron chi connectivity index (χ1n) is 10.1. The van der Waals surface area contributed by atoms with Crippen LogP contribution in [-0.2, 0) is 30.5 Å². The average molecular weight is 414 g/mol. The third-order valence-electron chi connectivity index (χ3n) is 5.39. The second-order valence-electron chi connectivity index (χ2n) is 7.62. The number of benzene rings is 1. The Hall–Kier alpha value is -2.06. The summed E-state index contributed by atoms with van der Waals surface area (Å²) in [5, 5.41) is 11.4. The summed E-state index contributed by atoms with van der Waals surface area (Å²) in [6.45, 7) is 2.17. The Morgan fingerprint density at radius 1 is 1.31 bits per heavy atom. The first kappa shape index (κ1) is 20.2. The van der Waals surface area contributed by atoms with E-state index in [0.717, 1.165) is 35.0 Å². The maximum atomic E-state index is 12.7. The fourth-order valence-corrected chi connectivity index (χ4v) is 5.32. The van der Waals surface area contributed by atoms with Crippen molar-refractivity contribution in [2.75, 3.05) is 26.8 Å². The molecular weight excluding hydrogens is 386 g/mol. The highest BCUT2D eigenvalue weighted by molar-refractivity contribution is 7.18. The van der Waals surface area contributed by atoms with Gasteiger partial charge in [0.05, 0.1) is 24.6 Å². The number of nitrogens with one attached hydrogen (secondary N) is 1. The Labute approximate surface area is 174 Å². The van der Waals surface area contributed by atoms with Crippen molar-refractivity contribution in [3.8, 4) is 0 Å². The van der Waals surface area contributed by atoms with Gasteiger partial charge in [0, 0.05) is 25.1 Å². The standard InChI is InChI=1S/C22H27N3O3S/c1-28-11-10-25(13-16(26)12-15-6-3-2-4-7-15)14-19-23-21(27)20-17-8-5-9-18(17)29-22(20)24-19/h2-4,6-7,16,26H,5,8-14H2,1H3,(H,23,24,27)/t16-/m1/s1. The number of nitrogens with zero attached hydrogens (tertiary/aromatic N) is 2. The van der Waals surface area contributed by atoms with Gasteiger partial charge in [-0.3, -0.25) is 9.69 Å². The summed E-state index contributed by atoms with van der Waals surface area (Å²) in [5.74, 6) is 0.644. The molecule has 0 bridgehead atoms. The van der Waals surface area contributed by atoms with Gasteiger partial charge in [0.25, 0.3) is 5.56 Å². The fourth-order valence-electron chi connectivity index (χ4n) is 4.04. The van der Waals surface area contributed by atoms with Crippen molar-refractivity contribution < 1.29 is 9.84 Å². The van der Waals surface area contributed by atoms with Crippen LogP contribution in [0.1, 0.15) is 28.2 Å². The van der Waals surface area contributed by atoms with Crippen LogP contribution < -0.4 is 5.56 Å². The predicted molar refractivity (Wildman–Crippen MR) is 116 cm³/mol. The third kappa shape index (κ3) is 4.75. The number of aliphatic hydroxyl groups is 1. The Kier molecular flexibility index (Phi) is 6.40. The Balaban J connectivity index is 1.49. The number of aromatic amines is 1. The van der Waals surface area contributed by atoms with Gasteiger partial charge < -0.3 is 14.8 Å². The van der Waals surface area contributed by atoms with Crippen LogP contribution in [0.2, 0.25) is 0 Å². The summed E-state index contributed by atoms with van der Waals surface area (Å²) < 4.78 is 5.23. The van der Waals surface area contributed by atoms with E-state index in [1.165, 1.54) is 10.4 Å². The first-order valence-corrected chi connectivity index (χ1v) is 10.9. The first-order chi connectivity index (χ1) is 14.1. The summed E-state index contributed by atoms with van der Waals surface area (Å²) in [5.41, 5.74) is 2.26. The van der Waals surface area contributed by atoms with Crippen molar-refractivity contribution in [2.24, 2.45) is 0 Å². The molecule has 2 aromatic heterocycles. The number of H-pyrrole nitrogens is 1. The minimum absolute atomic E-state index is 0.0408. The van der Waals surface area contributed by atoms with Crippen LogP contribution in [0.4, 0.5) is 0 Å². The zero-order valence-corrected chi connectivity index (χ0v) is 17.5. The van der Waals surface area contributed by atoms with Gasteiger partial charge in [0.15, 0.2) is 0 Å². The number of aryl methyl sites for hydroxylation is 2. The lowest BCUT2D eigenvalue weighted by atomic mass is 10.1. The fraction of sp³-hybridized carbons (Fsp3) is 0.455. The Morgan fingerprint density at radius 3 is 2.93 bits per heavy atom. The van der Waals surface area contributed by atoms with Crippen molar-refractivity contribution in [2.45, 2.75) is 38.3 Å². The number of aliphatic hydroxyl groups excluding tert-OH is 1. The average Bonchev–Trinajstić information content (AvgIpc) is 3.27. The van der Waals surface area contributed by atoms with Crippen LogP contribution in [0.5, 0.6) is 0 Å². The van der Waals surface area contributed by atoms with Crippen LogP contribution in [0.15, 0.2) is 35.1 Å². The molecule has 154 valence electrons. The lowest BCUT2D eigenvalue weighted by Gasteiger charge is -2.24. The highest BCUT2D eigenvalue weighted by Crippen LogP contribution is 2.34. The number of fused-ring (bicyclic) bond motifs is 3. The molecule has 29 heavy (non-hydrogen) atoms. The van der Waals surface area contributed by atoms with Gasteiger partial charge in [0.2, 0.25) is 0 Å². The molecule has 1 aromatic carbocycles. The van der Waals surface area contributed by atoms with E-state index in [1.807, 2.05) is 30.3 Å². The smallest absolute Gasteiger partial charge is 0.259 e. The highest BCUT2D eigenvalue weighted by Gasteiger charge is 2.22. The summed E-state index contributed by atoms with van der Waals surface area (Å²) in [7, 11) is 1.66. The summed E-state index contributed by atoms with van der Waals surface area (Å²) in [4.78, 5) is 24.6. The minimum atomic E-state index is -0.504. The van der Waals surface area contributed by atoms with Crippen molar-refractivity contribution in [1.82, 2.24) is 14.9 Å².